The number of hydrogen-bond acceptors (Lipinski definition) is 5. The number of carbonyl (C=O) groups excluding carboxylic acids is 1. The van der Waals surface area contributed by atoms with Gasteiger partial charge in [0.05, 0.1) is 23.7 Å². The monoisotopic (exact) mass is 322 g/mol. The van der Waals surface area contributed by atoms with E-state index in [2.05, 4.69) is 0 Å². The van der Waals surface area contributed by atoms with Crippen LogP contribution in [-0.2, 0) is 14.6 Å². The standard InChI is InChI=1S/C12H22N2O6S/c1-12(2,8-15)13(3)11(18)14(6-10(16)17)9-4-5-21(19,20)7-9/h9,15H,4-8H2,1-3H3,(H,16,17). The fraction of sp³-hybridized carbons (Fsp3) is 0.833. The van der Waals surface area contributed by atoms with Crippen molar-refractivity contribution in [3.63, 3.8) is 0 Å². The Morgan fingerprint density at radius 2 is 1.90 bits per heavy atom. The smallest absolute Gasteiger partial charge is 0.323 e. The van der Waals surface area contributed by atoms with Gasteiger partial charge in [0.1, 0.15) is 6.54 Å². The molecule has 1 heterocycles. The van der Waals surface area contributed by atoms with Gasteiger partial charge in [0, 0.05) is 13.1 Å². The second-order valence-electron chi connectivity index (χ2n) is 5.89. The predicted molar refractivity (Wildman–Crippen MR) is 75.7 cm³/mol. The summed E-state index contributed by atoms with van der Waals surface area (Å²) in [5, 5.41) is 18.3. The normalized spacial score (nSPS) is 21.0. The maximum absolute atomic E-state index is 12.5. The summed E-state index contributed by atoms with van der Waals surface area (Å²) in [5.41, 5.74) is -0.870. The van der Waals surface area contributed by atoms with Crippen molar-refractivity contribution >= 4 is 21.8 Å². The molecule has 1 rings (SSSR count). The first-order chi connectivity index (χ1) is 9.50. The zero-order valence-electron chi connectivity index (χ0n) is 12.4. The molecule has 1 saturated heterocycles. The summed E-state index contributed by atoms with van der Waals surface area (Å²) in [7, 11) is -1.78. The number of carboxylic acid groups (broad SMARTS) is 1. The van der Waals surface area contributed by atoms with Gasteiger partial charge in [-0.15, -0.1) is 0 Å². The molecule has 1 aliphatic rings. The number of amides is 2. The summed E-state index contributed by atoms with van der Waals surface area (Å²) >= 11 is 0. The molecule has 1 atom stereocenters. The lowest BCUT2D eigenvalue weighted by molar-refractivity contribution is -0.138. The highest BCUT2D eigenvalue weighted by Gasteiger charge is 2.39. The van der Waals surface area contributed by atoms with Crippen molar-refractivity contribution in [2.75, 3.05) is 31.7 Å². The summed E-state index contributed by atoms with van der Waals surface area (Å²) in [6, 6.07) is -1.24. The van der Waals surface area contributed by atoms with E-state index in [1.54, 1.807) is 13.8 Å². The molecule has 0 aromatic rings. The van der Waals surface area contributed by atoms with Crippen molar-refractivity contribution in [3.05, 3.63) is 0 Å². The first-order valence-corrected chi connectivity index (χ1v) is 8.40. The highest BCUT2D eigenvalue weighted by Crippen LogP contribution is 2.21. The summed E-state index contributed by atoms with van der Waals surface area (Å²) in [5.74, 6) is -1.48. The van der Waals surface area contributed by atoms with Crippen molar-refractivity contribution in [2.45, 2.75) is 31.8 Å². The van der Waals surface area contributed by atoms with Crippen molar-refractivity contribution in [1.82, 2.24) is 9.80 Å². The highest BCUT2D eigenvalue weighted by atomic mass is 32.2. The van der Waals surface area contributed by atoms with Crippen LogP contribution < -0.4 is 0 Å². The van der Waals surface area contributed by atoms with Crippen LogP contribution in [0.1, 0.15) is 20.3 Å². The highest BCUT2D eigenvalue weighted by molar-refractivity contribution is 7.91. The molecule has 0 radical (unpaired) electrons. The van der Waals surface area contributed by atoms with Gasteiger partial charge < -0.3 is 20.0 Å². The first kappa shape index (κ1) is 17.7. The summed E-state index contributed by atoms with van der Waals surface area (Å²) < 4.78 is 23.1. The van der Waals surface area contributed by atoms with Crippen LogP contribution in [0.3, 0.4) is 0 Å². The quantitative estimate of drug-likeness (QED) is 0.697. The Kier molecular flexibility index (Phi) is 5.21. The number of hydrogen-bond donors (Lipinski definition) is 2. The number of rotatable bonds is 5. The number of aliphatic hydroxyl groups is 1. The number of likely N-dealkylation sites (N-methyl/N-ethyl adjacent to an activating group) is 1. The third kappa shape index (κ3) is 4.31. The molecule has 8 nitrogen and oxygen atoms in total. The molecular weight excluding hydrogens is 300 g/mol. The Balaban J connectivity index is 2.98. The lowest BCUT2D eigenvalue weighted by atomic mass is 10.1. The first-order valence-electron chi connectivity index (χ1n) is 6.57. The third-order valence-electron chi connectivity index (χ3n) is 3.78. The van der Waals surface area contributed by atoms with E-state index in [4.69, 9.17) is 5.11 Å². The Morgan fingerprint density at radius 3 is 2.29 bits per heavy atom. The molecule has 21 heavy (non-hydrogen) atoms. The molecular formula is C12H22N2O6S. The molecule has 122 valence electrons. The number of carboxylic acids is 1. The Labute approximate surface area is 124 Å². The minimum Gasteiger partial charge on any atom is -0.480 e. The minimum absolute atomic E-state index is 0.0474. The average Bonchev–Trinajstić information content (AvgIpc) is 2.74. The van der Waals surface area contributed by atoms with E-state index in [-0.39, 0.29) is 24.5 Å². The molecule has 2 N–H and O–H groups in total. The Morgan fingerprint density at radius 1 is 1.33 bits per heavy atom. The molecule has 0 aliphatic carbocycles. The molecule has 2 amide bonds. The van der Waals surface area contributed by atoms with Crippen LogP contribution in [0, 0.1) is 0 Å². The number of aliphatic hydroxyl groups excluding tert-OH is 1. The molecule has 9 heteroatoms. The van der Waals surface area contributed by atoms with E-state index >= 15 is 0 Å². The molecule has 1 aliphatic heterocycles. The van der Waals surface area contributed by atoms with Gasteiger partial charge >= 0.3 is 12.0 Å². The summed E-state index contributed by atoms with van der Waals surface area (Å²) in [4.78, 5) is 25.7. The van der Waals surface area contributed by atoms with E-state index in [0.29, 0.717) is 0 Å². The zero-order valence-corrected chi connectivity index (χ0v) is 13.3. The van der Waals surface area contributed by atoms with Crippen LogP contribution in [0.5, 0.6) is 0 Å². The molecule has 1 fully saturated rings. The summed E-state index contributed by atoms with van der Waals surface area (Å²) in [6.45, 7) is 2.41. The minimum atomic E-state index is -3.23. The van der Waals surface area contributed by atoms with Crippen LogP contribution >= 0.6 is 0 Å². The van der Waals surface area contributed by atoms with Gasteiger partial charge in [0.2, 0.25) is 0 Å². The molecule has 0 bridgehead atoms. The maximum Gasteiger partial charge on any atom is 0.323 e. The van der Waals surface area contributed by atoms with Crippen LogP contribution in [0.2, 0.25) is 0 Å². The second-order valence-corrected chi connectivity index (χ2v) is 8.12. The van der Waals surface area contributed by atoms with E-state index in [9.17, 15) is 23.1 Å². The second kappa shape index (κ2) is 6.18. The van der Waals surface area contributed by atoms with Gasteiger partial charge in [-0.1, -0.05) is 0 Å². The number of carbonyl (C=O) groups is 2. The zero-order chi connectivity index (χ0) is 16.4. The Bertz CT molecular complexity index is 516. The number of nitrogens with zero attached hydrogens (tertiary/aromatic N) is 2. The van der Waals surface area contributed by atoms with Crippen LogP contribution in [0.15, 0.2) is 0 Å². The molecule has 0 saturated carbocycles. The van der Waals surface area contributed by atoms with Crippen molar-refractivity contribution in [1.29, 1.82) is 0 Å². The van der Waals surface area contributed by atoms with Crippen molar-refractivity contribution < 1.29 is 28.2 Å². The van der Waals surface area contributed by atoms with Crippen LogP contribution in [-0.4, -0.2) is 83.7 Å². The van der Waals surface area contributed by atoms with Gasteiger partial charge in [0.25, 0.3) is 0 Å². The summed E-state index contributed by atoms with van der Waals surface area (Å²) in [6.07, 6.45) is 0.231. The number of sulfone groups is 1. The van der Waals surface area contributed by atoms with E-state index in [1.165, 1.54) is 11.9 Å². The lowest BCUT2D eigenvalue weighted by Crippen LogP contribution is -2.56. The topological polar surface area (TPSA) is 115 Å². The Hall–Kier alpha value is -1.35. The fourth-order valence-electron chi connectivity index (χ4n) is 2.08. The van der Waals surface area contributed by atoms with Crippen molar-refractivity contribution in [3.8, 4) is 0 Å². The fourth-order valence-corrected chi connectivity index (χ4v) is 3.81. The molecule has 0 spiro atoms. The van der Waals surface area contributed by atoms with Gasteiger partial charge in [-0.25, -0.2) is 13.2 Å². The van der Waals surface area contributed by atoms with Crippen molar-refractivity contribution in [2.24, 2.45) is 0 Å². The van der Waals surface area contributed by atoms with E-state index in [0.717, 1.165) is 4.90 Å². The average molecular weight is 322 g/mol. The maximum atomic E-state index is 12.5. The van der Waals surface area contributed by atoms with Crippen LogP contribution in [0.25, 0.3) is 0 Å². The van der Waals surface area contributed by atoms with E-state index < -0.39 is 40.0 Å². The number of urea groups is 1. The molecule has 1 unspecified atom stereocenters. The van der Waals surface area contributed by atoms with Crippen LogP contribution in [0.4, 0.5) is 4.79 Å². The molecule has 0 aromatic heterocycles. The number of aliphatic carboxylic acids is 1. The predicted octanol–water partition coefficient (Wildman–Crippen LogP) is -0.617. The SMILES string of the molecule is CN(C(=O)N(CC(=O)O)C1CCS(=O)(=O)C1)C(C)(C)CO. The molecule has 0 aromatic carbocycles. The van der Waals surface area contributed by atoms with E-state index in [1.807, 2.05) is 0 Å². The van der Waals surface area contributed by atoms with Gasteiger partial charge in [-0.2, -0.15) is 0 Å². The largest absolute Gasteiger partial charge is 0.480 e. The van der Waals surface area contributed by atoms with Gasteiger partial charge in [-0.05, 0) is 20.3 Å². The lowest BCUT2D eigenvalue weighted by Gasteiger charge is -2.39. The van der Waals surface area contributed by atoms with Gasteiger partial charge in [-0.3, -0.25) is 4.79 Å². The third-order valence-corrected chi connectivity index (χ3v) is 5.53. The van der Waals surface area contributed by atoms with Gasteiger partial charge in [0.15, 0.2) is 9.84 Å².